The van der Waals surface area contributed by atoms with Crippen LogP contribution in [-0.2, 0) is 0 Å². The average Bonchev–Trinajstić information content (AvgIpc) is 3.26. The van der Waals surface area contributed by atoms with E-state index in [1.165, 1.54) is 11.3 Å². The maximum Gasteiger partial charge on any atom is 0.256 e. The molecule has 0 aliphatic carbocycles. The highest BCUT2D eigenvalue weighted by molar-refractivity contribution is 7.99. The van der Waals surface area contributed by atoms with Crippen molar-refractivity contribution in [2.75, 3.05) is 25.5 Å². The van der Waals surface area contributed by atoms with Crippen LogP contribution in [0.5, 0.6) is 0 Å². The summed E-state index contributed by atoms with van der Waals surface area (Å²) in [6.07, 6.45) is 7.43. The second-order valence-electron chi connectivity index (χ2n) is 8.07. The third kappa shape index (κ3) is 5.18. The summed E-state index contributed by atoms with van der Waals surface area (Å²) in [5, 5.41) is 16.0. The van der Waals surface area contributed by atoms with E-state index in [9.17, 15) is 4.79 Å². The number of nitrogens with zero attached hydrogens (tertiary/aromatic N) is 6. The van der Waals surface area contributed by atoms with Gasteiger partial charge in [-0.2, -0.15) is 0 Å². The van der Waals surface area contributed by atoms with Crippen LogP contribution in [0.1, 0.15) is 28.2 Å². The Labute approximate surface area is 199 Å². The zero-order valence-corrected chi connectivity index (χ0v) is 20.0. The lowest BCUT2D eigenvalue weighted by atomic mass is 10.1. The standard InChI is InChI=1S/C23H23N7OS2/c1-14-28-29-23(32-14)19-9-16-10-20(26-13-17(16)12-25-19)27-22(31)15-3-6-24-21(11-15)33-18-4-7-30(2)8-5-18/h3,6,9-13,18H,4-5,7-8H2,1-2H3,(H,26,27,31). The van der Waals surface area contributed by atoms with Gasteiger partial charge in [-0.05, 0) is 69.6 Å². The first-order chi connectivity index (χ1) is 16.0. The zero-order valence-electron chi connectivity index (χ0n) is 18.4. The summed E-state index contributed by atoms with van der Waals surface area (Å²) in [6, 6.07) is 7.38. The smallest absolute Gasteiger partial charge is 0.256 e. The number of pyridine rings is 3. The molecule has 0 saturated carbocycles. The van der Waals surface area contributed by atoms with Crippen LogP contribution < -0.4 is 5.32 Å². The maximum absolute atomic E-state index is 12.9. The molecule has 0 atom stereocenters. The first-order valence-electron chi connectivity index (χ1n) is 10.7. The van der Waals surface area contributed by atoms with Crippen LogP contribution >= 0.6 is 23.1 Å². The number of hydrogen-bond donors (Lipinski definition) is 1. The van der Waals surface area contributed by atoms with Gasteiger partial charge in [0.15, 0.2) is 5.01 Å². The second kappa shape index (κ2) is 9.50. The van der Waals surface area contributed by atoms with Gasteiger partial charge in [0.2, 0.25) is 0 Å². The van der Waals surface area contributed by atoms with E-state index in [2.05, 4.69) is 42.4 Å². The lowest BCUT2D eigenvalue weighted by Gasteiger charge is -2.28. The molecule has 1 amide bonds. The number of aromatic nitrogens is 5. The fourth-order valence-corrected chi connectivity index (χ4v) is 5.46. The van der Waals surface area contributed by atoms with Gasteiger partial charge < -0.3 is 10.2 Å². The minimum Gasteiger partial charge on any atom is -0.307 e. The summed E-state index contributed by atoms with van der Waals surface area (Å²) < 4.78 is 0. The fourth-order valence-electron chi connectivity index (χ4n) is 3.70. The van der Waals surface area contributed by atoms with E-state index < -0.39 is 0 Å². The van der Waals surface area contributed by atoms with Gasteiger partial charge in [0, 0.05) is 34.8 Å². The van der Waals surface area contributed by atoms with Gasteiger partial charge in [-0.3, -0.25) is 9.78 Å². The van der Waals surface area contributed by atoms with E-state index in [0.717, 1.165) is 57.4 Å². The van der Waals surface area contributed by atoms with Crippen LogP contribution in [-0.4, -0.2) is 61.3 Å². The van der Waals surface area contributed by atoms with Crippen LogP contribution in [0.25, 0.3) is 21.5 Å². The number of nitrogens with one attached hydrogen (secondary N) is 1. The Bertz CT molecular complexity index is 1300. The molecule has 10 heteroatoms. The highest BCUT2D eigenvalue weighted by Crippen LogP contribution is 2.29. The number of piperidine rings is 1. The number of likely N-dealkylation sites (tertiary alicyclic amines) is 1. The van der Waals surface area contributed by atoms with Crippen LogP contribution in [0.3, 0.4) is 0 Å². The molecule has 1 fully saturated rings. The van der Waals surface area contributed by atoms with E-state index in [4.69, 9.17) is 0 Å². The quantitative estimate of drug-likeness (QED) is 0.455. The second-order valence-corrected chi connectivity index (χ2v) is 10.6. The first-order valence-corrected chi connectivity index (χ1v) is 12.4. The summed E-state index contributed by atoms with van der Waals surface area (Å²) in [6.45, 7) is 4.11. The Kier molecular flexibility index (Phi) is 6.30. The Balaban J connectivity index is 1.31. The van der Waals surface area contributed by atoms with Crippen molar-refractivity contribution in [1.82, 2.24) is 30.0 Å². The third-order valence-corrected chi connectivity index (χ3v) is 7.67. The van der Waals surface area contributed by atoms with Crippen molar-refractivity contribution in [3.63, 3.8) is 0 Å². The molecule has 0 aromatic carbocycles. The van der Waals surface area contributed by atoms with Crippen LogP contribution in [0.15, 0.2) is 47.9 Å². The molecule has 1 aliphatic rings. The Hall–Kier alpha value is -2.95. The first kappa shape index (κ1) is 21.9. The molecular weight excluding hydrogens is 454 g/mol. The molecular formula is C23H23N7OS2. The maximum atomic E-state index is 12.9. The number of carbonyl (C=O) groups excluding carboxylic acids is 1. The number of carbonyl (C=O) groups is 1. The normalized spacial score (nSPS) is 15.1. The molecule has 4 aromatic rings. The summed E-state index contributed by atoms with van der Waals surface area (Å²) >= 11 is 3.25. The number of hydrogen-bond acceptors (Lipinski definition) is 9. The average molecular weight is 478 g/mol. The van der Waals surface area contributed by atoms with Crippen LogP contribution in [0.2, 0.25) is 0 Å². The molecule has 0 bridgehead atoms. The number of thioether (sulfide) groups is 1. The van der Waals surface area contributed by atoms with Crippen molar-refractivity contribution in [2.45, 2.75) is 30.0 Å². The van der Waals surface area contributed by atoms with Crippen molar-refractivity contribution in [3.05, 3.63) is 53.4 Å². The van der Waals surface area contributed by atoms with Crippen molar-refractivity contribution in [2.24, 2.45) is 0 Å². The lowest BCUT2D eigenvalue weighted by molar-refractivity contribution is 0.102. The van der Waals surface area contributed by atoms with Crippen molar-refractivity contribution < 1.29 is 4.79 Å². The topological polar surface area (TPSA) is 96.8 Å². The Morgan fingerprint density at radius 3 is 2.70 bits per heavy atom. The molecule has 1 aliphatic heterocycles. The van der Waals surface area contributed by atoms with Gasteiger partial charge in [-0.25, -0.2) is 9.97 Å². The molecule has 0 unspecified atom stereocenters. The van der Waals surface area contributed by atoms with Crippen molar-refractivity contribution >= 4 is 45.6 Å². The van der Waals surface area contributed by atoms with Gasteiger partial charge in [-0.15, -0.1) is 22.0 Å². The molecule has 0 radical (unpaired) electrons. The number of anilines is 1. The molecule has 33 heavy (non-hydrogen) atoms. The van der Waals surface area contributed by atoms with E-state index in [1.807, 2.05) is 25.1 Å². The van der Waals surface area contributed by atoms with Gasteiger partial charge in [0.05, 0.1) is 5.03 Å². The third-order valence-electron chi connectivity index (χ3n) is 5.54. The van der Waals surface area contributed by atoms with Crippen LogP contribution in [0, 0.1) is 6.92 Å². The van der Waals surface area contributed by atoms with Gasteiger partial charge >= 0.3 is 0 Å². The highest BCUT2D eigenvalue weighted by atomic mass is 32.2. The minimum atomic E-state index is -0.205. The number of fused-ring (bicyclic) bond motifs is 1. The summed E-state index contributed by atoms with van der Waals surface area (Å²) in [5.74, 6) is 0.280. The predicted octanol–water partition coefficient (Wildman–Crippen LogP) is 4.29. The van der Waals surface area contributed by atoms with Crippen molar-refractivity contribution in [1.29, 1.82) is 0 Å². The molecule has 1 N–H and O–H groups in total. The van der Waals surface area contributed by atoms with Crippen LogP contribution in [0.4, 0.5) is 5.82 Å². The van der Waals surface area contributed by atoms with Gasteiger partial charge in [-0.1, -0.05) is 11.3 Å². The van der Waals surface area contributed by atoms with E-state index in [1.54, 1.807) is 36.4 Å². The Morgan fingerprint density at radius 2 is 1.91 bits per heavy atom. The summed E-state index contributed by atoms with van der Waals surface area (Å²) in [5.41, 5.74) is 1.32. The molecule has 5 heterocycles. The molecule has 1 saturated heterocycles. The lowest BCUT2D eigenvalue weighted by Crippen LogP contribution is -2.31. The number of aryl methyl sites for hydroxylation is 1. The zero-order chi connectivity index (χ0) is 22.8. The van der Waals surface area contributed by atoms with E-state index >= 15 is 0 Å². The predicted molar refractivity (Wildman–Crippen MR) is 132 cm³/mol. The number of rotatable bonds is 5. The molecule has 5 rings (SSSR count). The van der Waals surface area contributed by atoms with Gasteiger partial charge in [0.25, 0.3) is 5.91 Å². The minimum absolute atomic E-state index is 0.205. The monoisotopic (exact) mass is 477 g/mol. The molecule has 4 aromatic heterocycles. The molecule has 168 valence electrons. The largest absolute Gasteiger partial charge is 0.307 e. The highest BCUT2D eigenvalue weighted by Gasteiger charge is 2.19. The van der Waals surface area contributed by atoms with Crippen molar-refractivity contribution in [3.8, 4) is 10.7 Å². The summed E-state index contributed by atoms with van der Waals surface area (Å²) in [7, 11) is 2.15. The SMILES string of the molecule is Cc1nnc(-c2cc3cc(NC(=O)c4ccnc(SC5CCN(C)CC5)c4)ncc3cn2)s1. The Morgan fingerprint density at radius 1 is 1.09 bits per heavy atom. The molecule has 0 spiro atoms. The van der Waals surface area contributed by atoms with E-state index in [-0.39, 0.29) is 5.91 Å². The number of amides is 1. The summed E-state index contributed by atoms with van der Waals surface area (Å²) in [4.78, 5) is 28.5. The fraction of sp³-hybridized carbons (Fsp3) is 0.304. The molecule has 8 nitrogen and oxygen atoms in total. The van der Waals surface area contributed by atoms with Gasteiger partial charge in [0.1, 0.15) is 16.5 Å². The van der Waals surface area contributed by atoms with E-state index in [0.29, 0.717) is 16.6 Å².